The standard InChI is InChI=1S/C15H25N3/c1-5-18(14-6-7-14)15-8-12(4)17-10-13(15)9-16-11(2)3/h8,10-11,14,16H,5-7,9H2,1-4H3. The molecule has 0 aliphatic heterocycles. The molecule has 1 heterocycles. The highest BCUT2D eigenvalue weighted by Gasteiger charge is 2.29. The summed E-state index contributed by atoms with van der Waals surface area (Å²) in [6.45, 7) is 10.7. The van der Waals surface area contributed by atoms with Gasteiger partial charge in [-0.25, -0.2) is 0 Å². The number of aromatic nitrogens is 1. The van der Waals surface area contributed by atoms with E-state index in [-0.39, 0.29) is 0 Å². The lowest BCUT2D eigenvalue weighted by Gasteiger charge is -2.26. The van der Waals surface area contributed by atoms with Crippen LogP contribution in [0, 0.1) is 6.92 Å². The summed E-state index contributed by atoms with van der Waals surface area (Å²) in [5, 5.41) is 3.49. The second-order valence-electron chi connectivity index (χ2n) is 5.51. The molecule has 0 saturated heterocycles. The van der Waals surface area contributed by atoms with Crippen molar-refractivity contribution in [2.75, 3.05) is 11.4 Å². The molecule has 2 rings (SSSR count). The van der Waals surface area contributed by atoms with E-state index in [2.05, 4.69) is 49.0 Å². The van der Waals surface area contributed by atoms with E-state index >= 15 is 0 Å². The molecular weight excluding hydrogens is 222 g/mol. The molecule has 0 radical (unpaired) electrons. The Morgan fingerprint density at radius 2 is 2.17 bits per heavy atom. The third-order valence-electron chi connectivity index (χ3n) is 3.44. The summed E-state index contributed by atoms with van der Waals surface area (Å²) in [6.07, 6.45) is 4.71. The molecule has 100 valence electrons. The van der Waals surface area contributed by atoms with Crippen LogP contribution in [-0.2, 0) is 6.54 Å². The van der Waals surface area contributed by atoms with E-state index < -0.39 is 0 Å². The van der Waals surface area contributed by atoms with Gasteiger partial charge in [-0.2, -0.15) is 0 Å². The van der Waals surface area contributed by atoms with Gasteiger partial charge in [-0.3, -0.25) is 4.98 Å². The lowest BCUT2D eigenvalue weighted by molar-refractivity contribution is 0.586. The summed E-state index contributed by atoms with van der Waals surface area (Å²) in [7, 11) is 0. The normalized spacial score (nSPS) is 15.2. The molecule has 1 aliphatic rings. The quantitative estimate of drug-likeness (QED) is 0.838. The average Bonchev–Trinajstić information content (AvgIpc) is 3.13. The zero-order chi connectivity index (χ0) is 13.1. The van der Waals surface area contributed by atoms with Crippen LogP contribution in [0.15, 0.2) is 12.3 Å². The minimum Gasteiger partial charge on any atom is -0.368 e. The van der Waals surface area contributed by atoms with Crippen LogP contribution in [0.5, 0.6) is 0 Å². The maximum absolute atomic E-state index is 4.45. The number of hydrogen-bond donors (Lipinski definition) is 1. The molecule has 3 nitrogen and oxygen atoms in total. The van der Waals surface area contributed by atoms with Gasteiger partial charge in [0.15, 0.2) is 0 Å². The Hall–Kier alpha value is -1.09. The van der Waals surface area contributed by atoms with Crippen molar-refractivity contribution >= 4 is 5.69 Å². The molecule has 0 aromatic carbocycles. The van der Waals surface area contributed by atoms with Crippen LogP contribution >= 0.6 is 0 Å². The Morgan fingerprint density at radius 3 is 2.72 bits per heavy atom. The molecule has 1 aromatic rings. The number of rotatable bonds is 6. The van der Waals surface area contributed by atoms with E-state index in [0.717, 1.165) is 24.8 Å². The second-order valence-corrected chi connectivity index (χ2v) is 5.51. The molecule has 1 N–H and O–H groups in total. The summed E-state index contributed by atoms with van der Waals surface area (Å²) in [4.78, 5) is 6.98. The van der Waals surface area contributed by atoms with Crippen molar-refractivity contribution < 1.29 is 0 Å². The lowest BCUT2D eigenvalue weighted by atomic mass is 10.1. The van der Waals surface area contributed by atoms with Crippen molar-refractivity contribution in [2.45, 2.75) is 59.2 Å². The topological polar surface area (TPSA) is 28.2 Å². The van der Waals surface area contributed by atoms with Crippen LogP contribution in [0.3, 0.4) is 0 Å². The van der Waals surface area contributed by atoms with E-state index in [1.54, 1.807) is 0 Å². The van der Waals surface area contributed by atoms with E-state index in [1.165, 1.54) is 24.1 Å². The van der Waals surface area contributed by atoms with Gasteiger partial charge in [0.25, 0.3) is 0 Å². The van der Waals surface area contributed by atoms with Crippen LogP contribution < -0.4 is 10.2 Å². The Balaban J connectivity index is 2.21. The molecule has 0 atom stereocenters. The smallest absolute Gasteiger partial charge is 0.0447 e. The fourth-order valence-corrected chi connectivity index (χ4v) is 2.30. The van der Waals surface area contributed by atoms with Gasteiger partial charge in [-0.1, -0.05) is 13.8 Å². The van der Waals surface area contributed by atoms with Crippen molar-refractivity contribution in [3.05, 3.63) is 23.5 Å². The zero-order valence-electron chi connectivity index (χ0n) is 12.0. The maximum Gasteiger partial charge on any atom is 0.0447 e. The van der Waals surface area contributed by atoms with Gasteiger partial charge >= 0.3 is 0 Å². The summed E-state index contributed by atoms with van der Waals surface area (Å²) in [6, 6.07) is 3.50. The molecule has 1 aromatic heterocycles. The molecule has 0 unspecified atom stereocenters. The van der Waals surface area contributed by atoms with Crippen molar-refractivity contribution in [3.63, 3.8) is 0 Å². The van der Waals surface area contributed by atoms with Gasteiger partial charge in [-0.05, 0) is 32.8 Å². The van der Waals surface area contributed by atoms with Crippen LogP contribution in [0.4, 0.5) is 5.69 Å². The fraction of sp³-hybridized carbons (Fsp3) is 0.667. The van der Waals surface area contributed by atoms with Crippen LogP contribution in [-0.4, -0.2) is 23.6 Å². The van der Waals surface area contributed by atoms with Gasteiger partial charge in [0, 0.05) is 48.3 Å². The second kappa shape index (κ2) is 5.70. The Labute approximate surface area is 111 Å². The molecule has 0 bridgehead atoms. The van der Waals surface area contributed by atoms with Gasteiger partial charge in [0.05, 0.1) is 0 Å². The van der Waals surface area contributed by atoms with Crippen LogP contribution in [0.2, 0.25) is 0 Å². The Bertz CT molecular complexity index is 397. The van der Waals surface area contributed by atoms with Crippen LogP contribution in [0.25, 0.3) is 0 Å². The monoisotopic (exact) mass is 247 g/mol. The number of anilines is 1. The SMILES string of the molecule is CCN(c1cc(C)ncc1CNC(C)C)C1CC1. The first-order chi connectivity index (χ1) is 8.61. The van der Waals surface area contributed by atoms with Crippen molar-refractivity contribution in [2.24, 2.45) is 0 Å². The Kier molecular flexibility index (Phi) is 4.23. The van der Waals surface area contributed by atoms with Crippen molar-refractivity contribution in [1.29, 1.82) is 0 Å². The first-order valence-electron chi connectivity index (χ1n) is 7.07. The summed E-state index contributed by atoms with van der Waals surface area (Å²) in [5.74, 6) is 0. The highest BCUT2D eigenvalue weighted by atomic mass is 15.2. The van der Waals surface area contributed by atoms with Gasteiger partial charge < -0.3 is 10.2 Å². The third kappa shape index (κ3) is 3.22. The first kappa shape index (κ1) is 13.3. The van der Waals surface area contributed by atoms with Gasteiger partial charge in [0.2, 0.25) is 0 Å². The molecule has 0 amide bonds. The average molecular weight is 247 g/mol. The highest BCUT2D eigenvalue weighted by Crippen LogP contribution is 2.33. The molecule has 1 aliphatic carbocycles. The first-order valence-corrected chi connectivity index (χ1v) is 7.07. The number of nitrogens with one attached hydrogen (secondary N) is 1. The van der Waals surface area contributed by atoms with Gasteiger partial charge in [-0.15, -0.1) is 0 Å². The largest absolute Gasteiger partial charge is 0.368 e. The van der Waals surface area contributed by atoms with E-state index in [4.69, 9.17) is 0 Å². The predicted molar refractivity (Wildman–Crippen MR) is 77.0 cm³/mol. The minimum absolute atomic E-state index is 0.509. The Morgan fingerprint density at radius 1 is 1.44 bits per heavy atom. The highest BCUT2D eigenvalue weighted by molar-refractivity contribution is 5.55. The minimum atomic E-state index is 0.509. The fourth-order valence-electron chi connectivity index (χ4n) is 2.30. The van der Waals surface area contributed by atoms with E-state index in [1.807, 2.05) is 6.20 Å². The van der Waals surface area contributed by atoms with Crippen molar-refractivity contribution in [3.8, 4) is 0 Å². The zero-order valence-corrected chi connectivity index (χ0v) is 12.0. The number of nitrogens with zero attached hydrogens (tertiary/aromatic N) is 2. The number of hydrogen-bond acceptors (Lipinski definition) is 3. The van der Waals surface area contributed by atoms with Crippen LogP contribution in [0.1, 0.15) is 44.9 Å². The predicted octanol–water partition coefficient (Wildman–Crippen LogP) is 2.88. The lowest BCUT2D eigenvalue weighted by Crippen LogP contribution is -2.29. The van der Waals surface area contributed by atoms with E-state index in [9.17, 15) is 0 Å². The maximum atomic E-state index is 4.45. The number of aryl methyl sites for hydroxylation is 1. The molecule has 0 spiro atoms. The molecule has 18 heavy (non-hydrogen) atoms. The summed E-state index contributed by atoms with van der Waals surface area (Å²) in [5.41, 5.74) is 3.81. The molecule has 1 fully saturated rings. The van der Waals surface area contributed by atoms with Crippen molar-refractivity contribution in [1.82, 2.24) is 10.3 Å². The van der Waals surface area contributed by atoms with E-state index in [0.29, 0.717) is 6.04 Å². The molecular formula is C15H25N3. The van der Waals surface area contributed by atoms with Gasteiger partial charge in [0.1, 0.15) is 0 Å². The molecule has 1 saturated carbocycles. The number of pyridine rings is 1. The molecule has 3 heteroatoms. The third-order valence-corrected chi connectivity index (χ3v) is 3.44. The summed E-state index contributed by atoms with van der Waals surface area (Å²) < 4.78 is 0. The summed E-state index contributed by atoms with van der Waals surface area (Å²) >= 11 is 0.